The predicted molar refractivity (Wildman–Crippen MR) is 80.5 cm³/mol. The first-order chi connectivity index (χ1) is 10.2. The van der Waals surface area contributed by atoms with Crippen LogP contribution in [-0.4, -0.2) is 28.8 Å². The summed E-state index contributed by atoms with van der Waals surface area (Å²) in [6, 6.07) is 12.9. The van der Waals surface area contributed by atoms with E-state index in [1.807, 2.05) is 18.2 Å². The predicted octanol–water partition coefficient (Wildman–Crippen LogP) is 3.32. The minimum atomic E-state index is -0.425. The maximum atomic E-state index is 12.8. The third-order valence-corrected chi connectivity index (χ3v) is 3.36. The minimum Gasteiger partial charge on any atom is -0.299 e. The van der Waals surface area contributed by atoms with Crippen LogP contribution >= 0.6 is 0 Å². The highest BCUT2D eigenvalue weighted by Crippen LogP contribution is 2.07. The molecule has 0 saturated carbocycles. The summed E-state index contributed by atoms with van der Waals surface area (Å²) in [7, 11) is 0. The number of benzene rings is 1. The van der Waals surface area contributed by atoms with Crippen molar-refractivity contribution in [3.8, 4) is 0 Å². The van der Waals surface area contributed by atoms with Crippen molar-refractivity contribution in [3.63, 3.8) is 0 Å². The van der Waals surface area contributed by atoms with Gasteiger partial charge in [-0.05, 0) is 24.2 Å². The molecule has 0 spiro atoms. The van der Waals surface area contributed by atoms with Crippen LogP contribution in [0.2, 0.25) is 0 Å². The first-order valence-electron chi connectivity index (χ1n) is 7.10. The highest BCUT2D eigenvalue weighted by molar-refractivity contribution is 5.94. The van der Waals surface area contributed by atoms with E-state index in [9.17, 15) is 9.18 Å². The van der Waals surface area contributed by atoms with Crippen molar-refractivity contribution in [2.45, 2.75) is 19.9 Å². The number of pyridine rings is 1. The lowest BCUT2D eigenvalue weighted by Gasteiger charge is -2.19. The van der Waals surface area contributed by atoms with Gasteiger partial charge in [-0.15, -0.1) is 0 Å². The van der Waals surface area contributed by atoms with Gasteiger partial charge in [-0.25, -0.2) is 4.39 Å². The Labute approximate surface area is 124 Å². The van der Waals surface area contributed by atoms with E-state index in [1.165, 1.54) is 17.7 Å². The number of carbonyl (C=O) groups is 1. The molecule has 2 aromatic rings. The van der Waals surface area contributed by atoms with Crippen LogP contribution in [0, 0.1) is 5.82 Å². The van der Waals surface area contributed by atoms with E-state index < -0.39 is 5.82 Å². The van der Waals surface area contributed by atoms with Crippen LogP contribution in [0.4, 0.5) is 4.39 Å². The van der Waals surface area contributed by atoms with Gasteiger partial charge < -0.3 is 0 Å². The molecule has 0 aliphatic carbocycles. The van der Waals surface area contributed by atoms with E-state index >= 15 is 0 Å². The van der Waals surface area contributed by atoms with E-state index in [-0.39, 0.29) is 5.78 Å². The van der Waals surface area contributed by atoms with Crippen LogP contribution in [-0.2, 0) is 6.54 Å². The first-order valence-corrected chi connectivity index (χ1v) is 7.10. The molecule has 0 atom stereocenters. The molecule has 3 nitrogen and oxygen atoms in total. The summed E-state index contributed by atoms with van der Waals surface area (Å²) >= 11 is 0. The number of ketones is 1. The lowest BCUT2D eigenvalue weighted by molar-refractivity contribution is 0.0958. The molecule has 1 aromatic carbocycles. The summed E-state index contributed by atoms with van der Waals surface area (Å²) in [4.78, 5) is 18.0. The summed E-state index contributed by atoms with van der Waals surface area (Å²) in [5, 5.41) is 0. The second-order valence-corrected chi connectivity index (χ2v) is 4.89. The molecule has 0 saturated heterocycles. The molecule has 0 N–H and O–H groups in total. The molecule has 0 unspecified atom stereocenters. The maximum Gasteiger partial charge on any atom is 0.182 e. The van der Waals surface area contributed by atoms with Crippen molar-refractivity contribution in [1.82, 2.24) is 9.88 Å². The zero-order valence-corrected chi connectivity index (χ0v) is 12.1. The molecule has 2 rings (SSSR count). The van der Waals surface area contributed by atoms with Gasteiger partial charge >= 0.3 is 0 Å². The molecule has 1 heterocycles. The van der Waals surface area contributed by atoms with Crippen molar-refractivity contribution in [3.05, 3.63) is 65.7 Å². The summed E-state index contributed by atoms with van der Waals surface area (Å²) < 4.78 is 12.8. The van der Waals surface area contributed by atoms with Crippen molar-refractivity contribution < 1.29 is 9.18 Å². The number of hydrogen-bond acceptors (Lipinski definition) is 3. The average Bonchev–Trinajstić information content (AvgIpc) is 2.52. The fraction of sp³-hybridized carbons (Fsp3) is 0.294. The van der Waals surface area contributed by atoms with Crippen LogP contribution in [0.3, 0.4) is 0 Å². The number of aromatic nitrogens is 1. The average molecular weight is 286 g/mol. The molecule has 0 aliphatic heterocycles. The van der Waals surface area contributed by atoms with Crippen LogP contribution in [0.1, 0.15) is 29.4 Å². The number of Topliss-reactive ketones (excluding diaryl/α,β-unsaturated/α-hetero) is 1. The van der Waals surface area contributed by atoms with Gasteiger partial charge in [0.2, 0.25) is 0 Å². The smallest absolute Gasteiger partial charge is 0.182 e. The molecule has 0 amide bonds. The van der Waals surface area contributed by atoms with Gasteiger partial charge in [-0.1, -0.05) is 37.3 Å². The maximum absolute atomic E-state index is 12.8. The van der Waals surface area contributed by atoms with Crippen LogP contribution < -0.4 is 0 Å². The molecule has 110 valence electrons. The topological polar surface area (TPSA) is 33.2 Å². The van der Waals surface area contributed by atoms with Gasteiger partial charge in [0.05, 0.1) is 6.20 Å². The quantitative estimate of drug-likeness (QED) is 0.732. The Morgan fingerprint density at radius 2 is 1.95 bits per heavy atom. The van der Waals surface area contributed by atoms with Gasteiger partial charge in [-0.2, -0.15) is 0 Å². The summed E-state index contributed by atoms with van der Waals surface area (Å²) in [5.74, 6) is -0.479. The van der Waals surface area contributed by atoms with Gasteiger partial charge in [0, 0.05) is 19.5 Å². The molecular formula is C17H19FN2O. The highest BCUT2D eigenvalue weighted by Gasteiger charge is 2.10. The summed E-state index contributed by atoms with van der Waals surface area (Å²) in [6.45, 7) is 4.44. The van der Waals surface area contributed by atoms with Gasteiger partial charge in [0.15, 0.2) is 5.78 Å². The Morgan fingerprint density at radius 3 is 2.57 bits per heavy atom. The molecule has 0 radical (unpaired) electrons. The van der Waals surface area contributed by atoms with Crippen molar-refractivity contribution in [2.24, 2.45) is 0 Å². The van der Waals surface area contributed by atoms with E-state index in [1.54, 1.807) is 0 Å². The fourth-order valence-electron chi connectivity index (χ4n) is 2.12. The Morgan fingerprint density at radius 1 is 1.19 bits per heavy atom. The lowest BCUT2D eigenvalue weighted by Crippen LogP contribution is -2.26. The van der Waals surface area contributed by atoms with Crippen LogP contribution in [0.5, 0.6) is 0 Å². The van der Waals surface area contributed by atoms with Crippen LogP contribution in [0.15, 0.2) is 48.7 Å². The minimum absolute atomic E-state index is 0.0542. The highest BCUT2D eigenvalue weighted by atomic mass is 19.1. The zero-order valence-electron chi connectivity index (χ0n) is 12.1. The number of nitrogens with zero attached hydrogens (tertiary/aromatic N) is 2. The second kappa shape index (κ2) is 7.64. The van der Waals surface area contributed by atoms with Crippen molar-refractivity contribution in [2.75, 3.05) is 13.1 Å². The third-order valence-electron chi connectivity index (χ3n) is 3.36. The standard InChI is InChI=1S/C17H19FN2O/c1-2-20(13-14-6-4-3-5-7-14)11-10-17(21)16-9-8-15(18)12-19-16/h3-9,12H,2,10-11,13H2,1H3. The Hall–Kier alpha value is -2.07. The Kier molecular flexibility index (Phi) is 5.58. The lowest BCUT2D eigenvalue weighted by atomic mass is 10.1. The largest absolute Gasteiger partial charge is 0.299 e. The SMILES string of the molecule is CCN(CCC(=O)c1ccc(F)cn1)Cc1ccccc1. The normalized spacial score (nSPS) is 10.8. The van der Waals surface area contributed by atoms with Crippen LogP contribution in [0.25, 0.3) is 0 Å². The molecular weight excluding hydrogens is 267 g/mol. The summed E-state index contributed by atoms with van der Waals surface area (Å²) in [5.41, 5.74) is 1.55. The van der Waals surface area contributed by atoms with Crippen molar-refractivity contribution in [1.29, 1.82) is 0 Å². The second-order valence-electron chi connectivity index (χ2n) is 4.89. The van der Waals surface area contributed by atoms with Crippen molar-refractivity contribution >= 4 is 5.78 Å². The first kappa shape index (κ1) is 15.3. The monoisotopic (exact) mass is 286 g/mol. The van der Waals surface area contributed by atoms with E-state index in [0.29, 0.717) is 18.7 Å². The molecule has 0 fully saturated rings. The van der Waals surface area contributed by atoms with Gasteiger partial charge in [-0.3, -0.25) is 14.7 Å². The zero-order chi connectivity index (χ0) is 15.1. The molecule has 0 bridgehead atoms. The number of rotatable bonds is 7. The Bertz CT molecular complexity index is 569. The molecule has 0 aliphatic rings. The van der Waals surface area contributed by atoms with E-state index in [2.05, 4.69) is 28.9 Å². The number of carbonyl (C=O) groups excluding carboxylic acids is 1. The fourth-order valence-corrected chi connectivity index (χ4v) is 2.12. The van der Waals surface area contributed by atoms with Gasteiger partial charge in [0.1, 0.15) is 11.5 Å². The number of hydrogen-bond donors (Lipinski definition) is 0. The third kappa shape index (κ3) is 4.76. The molecule has 4 heteroatoms. The molecule has 21 heavy (non-hydrogen) atoms. The summed E-state index contributed by atoms with van der Waals surface area (Å²) in [6.07, 6.45) is 1.47. The van der Waals surface area contributed by atoms with E-state index in [4.69, 9.17) is 0 Å². The van der Waals surface area contributed by atoms with Gasteiger partial charge in [0.25, 0.3) is 0 Å². The Balaban J connectivity index is 1.88. The van der Waals surface area contributed by atoms with E-state index in [0.717, 1.165) is 19.3 Å². The molecule has 1 aromatic heterocycles. The number of halogens is 1.